The Kier molecular flexibility index (Phi) is 5.86. The van der Waals surface area contributed by atoms with Gasteiger partial charge in [-0.15, -0.1) is 0 Å². The number of hydrogen-bond donors (Lipinski definition) is 1. The predicted octanol–water partition coefficient (Wildman–Crippen LogP) is 2.50. The number of aryl methyl sites for hydroxylation is 1. The van der Waals surface area contributed by atoms with E-state index in [2.05, 4.69) is 6.92 Å². The van der Waals surface area contributed by atoms with Crippen molar-refractivity contribution in [2.45, 2.75) is 33.6 Å². The van der Waals surface area contributed by atoms with Gasteiger partial charge in [0.2, 0.25) is 0 Å². The third kappa shape index (κ3) is 3.57. The second-order valence-corrected chi connectivity index (χ2v) is 4.68. The van der Waals surface area contributed by atoms with Gasteiger partial charge in [0, 0.05) is 18.7 Å². The molecule has 0 saturated carbocycles. The predicted molar refractivity (Wildman–Crippen MR) is 75.8 cm³/mol. The number of nitrogens with two attached hydrogens (primary N) is 1. The molecule has 0 saturated heterocycles. The van der Waals surface area contributed by atoms with E-state index in [1.807, 2.05) is 36.9 Å². The van der Waals surface area contributed by atoms with E-state index in [9.17, 15) is 4.79 Å². The third-order valence-electron chi connectivity index (χ3n) is 3.25. The van der Waals surface area contributed by atoms with E-state index >= 15 is 0 Å². The van der Waals surface area contributed by atoms with E-state index in [1.54, 1.807) is 0 Å². The molecule has 0 heterocycles. The molecule has 0 aliphatic carbocycles. The summed E-state index contributed by atoms with van der Waals surface area (Å²) in [5.74, 6) is 0.131. The Labute approximate surface area is 110 Å². The standard InChI is InChI=1S/C15H24N2O/c1-4-10-17(11-6-9-16)15(18)14-8-5-7-12(2)13(14)3/h5,7-8H,4,6,9-11,16H2,1-3H3. The van der Waals surface area contributed by atoms with Crippen LogP contribution in [0.3, 0.4) is 0 Å². The molecule has 0 aromatic heterocycles. The van der Waals surface area contributed by atoms with Gasteiger partial charge in [-0.05, 0) is 50.4 Å². The Morgan fingerprint density at radius 1 is 1.28 bits per heavy atom. The number of nitrogens with zero attached hydrogens (tertiary/aromatic N) is 1. The van der Waals surface area contributed by atoms with Crippen LogP contribution in [0.25, 0.3) is 0 Å². The van der Waals surface area contributed by atoms with Crippen molar-refractivity contribution in [3.63, 3.8) is 0 Å². The summed E-state index contributed by atoms with van der Waals surface area (Å²) in [5, 5.41) is 0. The molecule has 0 fully saturated rings. The maximum Gasteiger partial charge on any atom is 0.254 e. The van der Waals surface area contributed by atoms with Gasteiger partial charge in [0.05, 0.1) is 0 Å². The normalized spacial score (nSPS) is 10.4. The van der Waals surface area contributed by atoms with E-state index < -0.39 is 0 Å². The lowest BCUT2D eigenvalue weighted by atomic mass is 10.0. The molecule has 100 valence electrons. The van der Waals surface area contributed by atoms with E-state index in [0.29, 0.717) is 6.54 Å². The molecule has 0 radical (unpaired) electrons. The topological polar surface area (TPSA) is 46.3 Å². The van der Waals surface area contributed by atoms with Gasteiger partial charge < -0.3 is 10.6 Å². The summed E-state index contributed by atoms with van der Waals surface area (Å²) < 4.78 is 0. The van der Waals surface area contributed by atoms with Crippen LogP contribution in [0.4, 0.5) is 0 Å². The largest absolute Gasteiger partial charge is 0.339 e. The average molecular weight is 248 g/mol. The van der Waals surface area contributed by atoms with Crippen molar-refractivity contribution in [1.29, 1.82) is 0 Å². The molecule has 0 spiro atoms. The average Bonchev–Trinajstić information content (AvgIpc) is 2.37. The highest BCUT2D eigenvalue weighted by atomic mass is 16.2. The van der Waals surface area contributed by atoms with Crippen molar-refractivity contribution in [2.24, 2.45) is 5.73 Å². The zero-order valence-electron chi connectivity index (χ0n) is 11.7. The zero-order valence-corrected chi connectivity index (χ0v) is 11.7. The number of carbonyl (C=O) groups is 1. The molecule has 0 aliphatic rings. The van der Waals surface area contributed by atoms with Gasteiger partial charge in [0.1, 0.15) is 0 Å². The summed E-state index contributed by atoms with van der Waals surface area (Å²) >= 11 is 0. The molecule has 0 bridgehead atoms. The summed E-state index contributed by atoms with van der Waals surface area (Å²) in [7, 11) is 0. The molecular formula is C15H24N2O. The lowest BCUT2D eigenvalue weighted by molar-refractivity contribution is 0.0754. The Bertz CT molecular complexity index is 401. The smallest absolute Gasteiger partial charge is 0.254 e. The van der Waals surface area contributed by atoms with Gasteiger partial charge in [-0.25, -0.2) is 0 Å². The zero-order chi connectivity index (χ0) is 13.5. The first-order valence-electron chi connectivity index (χ1n) is 6.67. The van der Waals surface area contributed by atoms with Gasteiger partial charge in [0.25, 0.3) is 5.91 Å². The van der Waals surface area contributed by atoms with Gasteiger partial charge in [-0.3, -0.25) is 4.79 Å². The lowest BCUT2D eigenvalue weighted by Crippen LogP contribution is -2.34. The van der Waals surface area contributed by atoms with Crippen molar-refractivity contribution in [2.75, 3.05) is 19.6 Å². The summed E-state index contributed by atoms with van der Waals surface area (Å²) in [6.45, 7) is 8.31. The van der Waals surface area contributed by atoms with Crippen molar-refractivity contribution in [1.82, 2.24) is 4.90 Å². The van der Waals surface area contributed by atoms with Crippen molar-refractivity contribution in [3.8, 4) is 0 Å². The highest BCUT2D eigenvalue weighted by Crippen LogP contribution is 2.15. The molecule has 1 rings (SSSR count). The molecule has 1 aromatic carbocycles. The van der Waals surface area contributed by atoms with E-state index in [1.165, 1.54) is 0 Å². The van der Waals surface area contributed by atoms with Gasteiger partial charge in [-0.2, -0.15) is 0 Å². The fraction of sp³-hybridized carbons (Fsp3) is 0.533. The van der Waals surface area contributed by atoms with Gasteiger partial charge in [-0.1, -0.05) is 19.1 Å². The van der Waals surface area contributed by atoms with Crippen molar-refractivity contribution < 1.29 is 4.79 Å². The molecule has 3 nitrogen and oxygen atoms in total. The second kappa shape index (κ2) is 7.17. The maximum absolute atomic E-state index is 12.5. The Hall–Kier alpha value is -1.35. The molecule has 18 heavy (non-hydrogen) atoms. The molecular weight excluding hydrogens is 224 g/mol. The van der Waals surface area contributed by atoms with Crippen LogP contribution >= 0.6 is 0 Å². The summed E-state index contributed by atoms with van der Waals surface area (Å²) in [5.41, 5.74) is 8.59. The first kappa shape index (κ1) is 14.7. The molecule has 1 aromatic rings. The third-order valence-corrected chi connectivity index (χ3v) is 3.25. The Morgan fingerprint density at radius 3 is 2.61 bits per heavy atom. The minimum absolute atomic E-state index is 0.131. The van der Waals surface area contributed by atoms with Gasteiger partial charge >= 0.3 is 0 Å². The molecule has 0 atom stereocenters. The first-order chi connectivity index (χ1) is 8.61. The fourth-order valence-electron chi connectivity index (χ4n) is 2.02. The van der Waals surface area contributed by atoms with E-state index in [4.69, 9.17) is 5.73 Å². The monoisotopic (exact) mass is 248 g/mol. The first-order valence-corrected chi connectivity index (χ1v) is 6.67. The number of rotatable bonds is 6. The van der Waals surface area contributed by atoms with Crippen LogP contribution in [0, 0.1) is 13.8 Å². The Morgan fingerprint density at radius 2 is 2.00 bits per heavy atom. The van der Waals surface area contributed by atoms with E-state index in [-0.39, 0.29) is 5.91 Å². The quantitative estimate of drug-likeness (QED) is 0.840. The maximum atomic E-state index is 12.5. The molecule has 0 aliphatic heterocycles. The van der Waals surface area contributed by atoms with Crippen molar-refractivity contribution in [3.05, 3.63) is 34.9 Å². The highest BCUT2D eigenvalue weighted by molar-refractivity contribution is 5.95. The fourth-order valence-corrected chi connectivity index (χ4v) is 2.02. The van der Waals surface area contributed by atoms with Crippen LogP contribution in [0.15, 0.2) is 18.2 Å². The summed E-state index contributed by atoms with van der Waals surface area (Å²) in [6, 6.07) is 5.90. The molecule has 3 heteroatoms. The van der Waals surface area contributed by atoms with Crippen LogP contribution in [-0.2, 0) is 0 Å². The minimum atomic E-state index is 0.131. The number of hydrogen-bond acceptors (Lipinski definition) is 2. The summed E-state index contributed by atoms with van der Waals surface area (Å²) in [4.78, 5) is 14.4. The van der Waals surface area contributed by atoms with Crippen LogP contribution in [0.1, 0.15) is 41.3 Å². The highest BCUT2D eigenvalue weighted by Gasteiger charge is 2.16. The molecule has 2 N–H and O–H groups in total. The van der Waals surface area contributed by atoms with Gasteiger partial charge in [0.15, 0.2) is 0 Å². The lowest BCUT2D eigenvalue weighted by Gasteiger charge is -2.23. The van der Waals surface area contributed by atoms with E-state index in [0.717, 1.165) is 42.6 Å². The minimum Gasteiger partial charge on any atom is -0.339 e. The van der Waals surface area contributed by atoms with Crippen LogP contribution in [-0.4, -0.2) is 30.4 Å². The number of amides is 1. The van der Waals surface area contributed by atoms with Crippen LogP contribution < -0.4 is 5.73 Å². The van der Waals surface area contributed by atoms with Crippen LogP contribution in [0.5, 0.6) is 0 Å². The van der Waals surface area contributed by atoms with Crippen LogP contribution in [0.2, 0.25) is 0 Å². The van der Waals surface area contributed by atoms with Crippen molar-refractivity contribution >= 4 is 5.91 Å². The molecule has 0 unspecified atom stereocenters. The number of carbonyl (C=O) groups excluding carboxylic acids is 1. The summed E-state index contributed by atoms with van der Waals surface area (Å²) in [6.07, 6.45) is 1.83. The SMILES string of the molecule is CCCN(CCCN)C(=O)c1cccc(C)c1C. The second-order valence-electron chi connectivity index (χ2n) is 4.68. The number of benzene rings is 1. The molecule has 1 amide bonds. The Balaban J connectivity index is 2.90.